The van der Waals surface area contributed by atoms with Gasteiger partial charge in [0.25, 0.3) is 0 Å². The first kappa shape index (κ1) is 19.1. The Balaban J connectivity index is 0. The minimum Gasteiger partial charge on any atom is -0.449 e. The molecule has 0 fully saturated rings. The zero-order chi connectivity index (χ0) is 12.1. The quantitative estimate of drug-likeness (QED) is 0.562. The van der Waals surface area contributed by atoms with Gasteiger partial charge in [0.05, 0.1) is 0 Å². The van der Waals surface area contributed by atoms with E-state index in [2.05, 4.69) is 5.32 Å². The zero-order valence-corrected chi connectivity index (χ0v) is 13.3. The molecule has 0 aliphatic heterocycles. The molecule has 0 aliphatic rings. The summed E-state index contributed by atoms with van der Waals surface area (Å²) < 4.78 is 40.2. The third kappa shape index (κ3) is 14.8. The molecule has 1 amide bonds. The topological polar surface area (TPSA) is 38.3 Å². The third-order valence-corrected chi connectivity index (χ3v) is 1.38. The van der Waals surface area contributed by atoms with Crippen molar-refractivity contribution < 1.29 is 73.9 Å². The van der Waals surface area contributed by atoms with Gasteiger partial charge < -0.3 is 23.0 Å². The van der Waals surface area contributed by atoms with E-state index in [4.69, 9.17) is 4.74 Å². The molecular weight excluding hydrogens is 249 g/mol. The van der Waals surface area contributed by atoms with Crippen molar-refractivity contribution in [1.82, 2.24) is 5.32 Å². The molecule has 0 aromatic heterocycles. The van der Waals surface area contributed by atoms with E-state index in [1.165, 1.54) is 0 Å². The van der Waals surface area contributed by atoms with E-state index < -0.39 is 25.0 Å². The van der Waals surface area contributed by atoms with Crippen LogP contribution in [0.1, 0.15) is 27.2 Å². The molecule has 0 aliphatic carbocycles. The predicted octanol–water partition coefficient (Wildman–Crippen LogP) is -0.247. The normalized spacial score (nSPS) is 11.6. The van der Waals surface area contributed by atoms with Crippen LogP contribution in [-0.2, 0) is 4.74 Å². The van der Waals surface area contributed by atoms with Crippen LogP contribution in [0.15, 0.2) is 0 Å². The number of carbonyl (C=O) groups excluding carboxylic acids is 1. The first-order valence-electron chi connectivity index (χ1n) is 4.78. The van der Waals surface area contributed by atoms with Crippen LogP contribution in [0, 0.1) is 0 Å². The Kier molecular flexibility index (Phi) is 9.52. The van der Waals surface area contributed by atoms with Crippen molar-refractivity contribution in [3.05, 3.63) is 0 Å². The first-order chi connectivity index (χ1) is 6.60. The molecule has 1 N–H and O–H groups in total. The molecule has 0 saturated carbocycles. The molecule has 0 spiro atoms. The number of ether oxygens (including phenoxy) is 1. The maximum Gasteiger partial charge on any atom is 1.00 e. The standard InChI is InChI=1S/C8H16BF3NO2.K/c1-8(2,3)15-7(14)13-6-4-5-9(10,11)12;/h4-6H2,1-3H3,(H,13,14);/q-1;+1. The number of nitrogens with one attached hydrogen (secondary N) is 1. The Morgan fingerprint density at radius 2 is 1.81 bits per heavy atom. The molecule has 0 saturated heterocycles. The minimum absolute atomic E-state index is 0. The summed E-state index contributed by atoms with van der Waals surface area (Å²) in [5.41, 5.74) is -0.627. The Bertz CT molecular complexity index is 218. The second-order valence-corrected chi connectivity index (χ2v) is 4.28. The molecule has 0 rings (SSSR count). The maximum atomic E-state index is 11.8. The first-order valence-corrected chi connectivity index (χ1v) is 4.78. The summed E-state index contributed by atoms with van der Waals surface area (Å²) in [5, 5.41) is 2.26. The molecule has 16 heavy (non-hydrogen) atoms. The summed E-state index contributed by atoms with van der Waals surface area (Å²) in [6, 6.07) is 0. The van der Waals surface area contributed by atoms with Gasteiger partial charge in [0.1, 0.15) is 5.60 Å². The molecular formula is C8H16BF3KNO2. The maximum absolute atomic E-state index is 11.8. The van der Waals surface area contributed by atoms with Crippen LogP contribution in [0.25, 0.3) is 0 Å². The van der Waals surface area contributed by atoms with Crippen molar-refractivity contribution in [2.24, 2.45) is 0 Å². The summed E-state index contributed by atoms with van der Waals surface area (Å²) in [7, 11) is 0. The van der Waals surface area contributed by atoms with Crippen molar-refractivity contribution in [2.45, 2.75) is 39.1 Å². The van der Waals surface area contributed by atoms with Gasteiger partial charge in [-0.15, -0.1) is 0 Å². The summed E-state index contributed by atoms with van der Waals surface area (Å²) in [6.45, 7) is 0.285. The van der Waals surface area contributed by atoms with Crippen LogP contribution in [0.2, 0.25) is 6.32 Å². The summed E-state index contributed by atoms with van der Waals surface area (Å²) in [4.78, 5) is 11.0. The average Bonchev–Trinajstić information content (AvgIpc) is 1.92. The Morgan fingerprint density at radius 1 is 1.31 bits per heavy atom. The van der Waals surface area contributed by atoms with Crippen LogP contribution in [-0.4, -0.2) is 25.2 Å². The molecule has 0 aromatic rings. The average molecular weight is 265 g/mol. The molecule has 8 heteroatoms. The van der Waals surface area contributed by atoms with Gasteiger partial charge in [-0.1, -0.05) is 12.7 Å². The second-order valence-electron chi connectivity index (χ2n) is 4.28. The van der Waals surface area contributed by atoms with Crippen LogP contribution >= 0.6 is 0 Å². The SMILES string of the molecule is CC(C)(C)OC(=O)NCCC[B-](F)(F)F.[K+]. The Labute approximate surface area is 136 Å². The van der Waals surface area contributed by atoms with Crippen molar-refractivity contribution in [3.8, 4) is 0 Å². The van der Waals surface area contributed by atoms with Crippen LogP contribution in [0.4, 0.5) is 17.7 Å². The van der Waals surface area contributed by atoms with Gasteiger partial charge in [-0.3, -0.25) is 0 Å². The number of amides is 1. The number of carbonyl (C=O) groups is 1. The van der Waals surface area contributed by atoms with Crippen LogP contribution < -0.4 is 56.7 Å². The predicted molar refractivity (Wildman–Crippen MR) is 52.7 cm³/mol. The van der Waals surface area contributed by atoms with E-state index in [9.17, 15) is 17.7 Å². The summed E-state index contributed by atoms with van der Waals surface area (Å²) >= 11 is 0. The minimum atomic E-state index is -4.75. The Hall–Kier alpha value is 0.761. The zero-order valence-electron chi connectivity index (χ0n) is 10.1. The van der Waals surface area contributed by atoms with Crippen molar-refractivity contribution in [1.29, 1.82) is 0 Å². The second kappa shape index (κ2) is 7.97. The molecule has 90 valence electrons. The van der Waals surface area contributed by atoms with Gasteiger partial charge >= 0.3 is 64.5 Å². The number of hydrogen-bond donors (Lipinski definition) is 1. The molecule has 3 nitrogen and oxygen atoms in total. The largest absolute Gasteiger partial charge is 1.00 e. The van der Waals surface area contributed by atoms with E-state index >= 15 is 0 Å². The monoisotopic (exact) mass is 265 g/mol. The summed E-state index contributed by atoms with van der Waals surface area (Å²) in [6.07, 6.45) is -1.63. The molecule has 0 radical (unpaired) electrons. The number of rotatable bonds is 4. The van der Waals surface area contributed by atoms with Gasteiger partial charge in [-0.2, -0.15) is 0 Å². The molecule has 0 unspecified atom stereocenters. The van der Waals surface area contributed by atoms with Crippen molar-refractivity contribution in [2.75, 3.05) is 6.54 Å². The third-order valence-electron chi connectivity index (χ3n) is 1.38. The molecule has 0 atom stereocenters. The van der Waals surface area contributed by atoms with Crippen LogP contribution in [0.3, 0.4) is 0 Å². The Morgan fingerprint density at radius 3 is 2.19 bits per heavy atom. The van der Waals surface area contributed by atoms with Gasteiger partial charge in [-0.25, -0.2) is 4.79 Å². The van der Waals surface area contributed by atoms with Crippen molar-refractivity contribution in [3.63, 3.8) is 0 Å². The van der Waals surface area contributed by atoms with Gasteiger partial charge in [0, 0.05) is 6.54 Å². The summed E-state index contributed by atoms with van der Waals surface area (Å²) in [5.74, 6) is 0. The molecule has 0 heterocycles. The number of hydrogen-bond acceptors (Lipinski definition) is 2. The van der Waals surface area contributed by atoms with Gasteiger partial charge in [0.2, 0.25) is 0 Å². The van der Waals surface area contributed by atoms with E-state index in [1.807, 2.05) is 0 Å². The van der Waals surface area contributed by atoms with E-state index in [0.717, 1.165) is 0 Å². The fourth-order valence-corrected chi connectivity index (χ4v) is 0.838. The van der Waals surface area contributed by atoms with Crippen LogP contribution in [0.5, 0.6) is 0 Å². The molecule has 0 aromatic carbocycles. The fraction of sp³-hybridized carbons (Fsp3) is 0.875. The molecule has 0 bridgehead atoms. The number of halogens is 3. The van der Waals surface area contributed by atoms with E-state index in [0.29, 0.717) is 0 Å². The fourth-order valence-electron chi connectivity index (χ4n) is 0.838. The number of alkyl carbamates (subject to hydrolysis) is 1. The van der Waals surface area contributed by atoms with Gasteiger partial charge in [-0.05, 0) is 20.8 Å². The van der Waals surface area contributed by atoms with E-state index in [-0.39, 0.29) is 64.4 Å². The van der Waals surface area contributed by atoms with Crippen molar-refractivity contribution >= 4 is 13.1 Å². The smallest absolute Gasteiger partial charge is 0.449 e. The van der Waals surface area contributed by atoms with Gasteiger partial charge in [0.15, 0.2) is 0 Å². The van der Waals surface area contributed by atoms with E-state index in [1.54, 1.807) is 20.8 Å².